The molecule has 0 atom stereocenters. The summed E-state index contributed by atoms with van der Waals surface area (Å²) >= 11 is 1.51. The molecule has 30 heavy (non-hydrogen) atoms. The monoisotopic (exact) mass is 443 g/mol. The van der Waals surface area contributed by atoms with Crippen LogP contribution in [0.25, 0.3) is 10.6 Å². The van der Waals surface area contributed by atoms with Crippen LogP contribution >= 0.6 is 11.3 Å². The number of hydrogen-bond acceptors (Lipinski definition) is 7. The molecule has 0 amide bonds. The van der Waals surface area contributed by atoms with E-state index in [0.717, 1.165) is 10.6 Å². The minimum absolute atomic E-state index is 0.121. The SMILES string of the molecule is O=C(OCc1csc(-c2ccccc2)n1)C1CCN(S(=O)(=O)c2cccnc2)CC1. The number of sulfonamides is 1. The molecule has 0 spiro atoms. The largest absolute Gasteiger partial charge is 0.459 e. The third-order valence-corrected chi connectivity index (χ3v) is 7.82. The summed E-state index contributed by atoms with van der Waals surface area (Å²) in [6, 6.07) is 13.0. The molecule has 0 radical (unpaired) electrons. The van der Waals surface area contributed by atoms with Crippen molar-refractivity contribution in [1.82, 2.24) is 14.3 Å². The first kappa shape index (κ1) is 20.6. The van der Waals surface area contributed by atoms with Gasteiger partial charge in [0.15, 0.2) is 0 Å². The zero-order valence-electron chi connectivity index (χ0n) is 16.2. The number of hydrogen-bond donors (Lipinski definition) is 0. The van der Waals surface area contributed by atoms with Gasteiger partial charge in [0.25, 0.3) is 0 Å². The Morgan fingerprint density at radius 2 is 1.90 bits per heavy atom. The maximum absolute atomic E-state index is 12.7. The molecule has 156 valence electrons. The first-order chi connectivity index (χ1) is 14.5. The fraction of sp³-hybridized carbons (Fsp3) is 0.286. The van der Waals surface area contributed by atoms with Gasteiger partial charge in [0.1, 0.15) is 16.5 Å². The molecule has 1 aliphatic rings. The molecule has 1 saturated heterocycles. The number of rotatable bonds is 6. The van der Waals surface area contributed by atoms with E-state index in [1.165, 1.54) is 34.1 Å². The number of ether oxygens (including phenoxy) is 1. The highest BCUT2D eigenvalue weighted by atomic mass is 32.2. The van der Waals surface area contributed by atoms with Crippen LogP contribution < -0.4 is 0 Å². The van der Waals surface area contributed by atoms with Gasteiger partial charge in [-0.15, -0.1) is 11.3 Å². The first-order valence-electron chi connectivity index (χ1n) is 9.60. The molecule has 0 unspecified atom stereocenters. The van der Waals surface area contributed by atoms with Crippen molar-refractivity contribution in [1.29, 1.82) is 0 Å². The number of pyridine rings is 1. The van der Waals surface area contributed by atoms with Crippen LogP contribution in [-0.4, -0.2) is 41.7 Å². The summed E-state index contributed by atoms with van der Waals surface area (Å²) in [7, 11) is -3.58. The Bertz CT molecular complexity index is 1090. The number of carbonyl (C=O) groups excluding carboxylic acids is 1. The van der Waals surface area contributed by atoms with Gasteiger partial charge in [0, 0.05) is 36.4 Å². The van der Waals surface area contributed by atoms with E-state index < -0.39 is 10.0 Å². The standard InChI is InChI=1S/C21H21N3O4S2/c25-21(28-14-18-15-29-20(23-18)16-5-2-1-3-6-16)17-8-11-24(12-9-17)30(26,27)19-7-4-10-22-13-19/h1-7,10,13,15,17H,8-9,11-12,14H2. The molecule has 0 aliphatic carbocycles. The number of nitrogens with zero attached hydrogens (tertiary/aromatic N) is 3. The van der Waals surface area contributed by atoms with Crippen molar-refractivity contribution < 1.29 is 17.9 Å². The van der Waals surface area contributed by atoms with Crippen molar-refractivity contribution >= 4 is 27.3 Å². The zero-order valence-corrected chi connectivity index (χ0v) is 17.8. The smallest absolute Gasteiger partial charge is 0.309 e. The molecule has 4 rings (SSSR count). The van der Waals surface area contributed by atoms with E-state index in [4.69, 9.17) is 4.74 Å². The molecule has 3 heterocycles. The number of piperidine rings is 1. The first-order valence-corrected chi connectivity index (χ1v) is 11.9. The third-order valence-electron chi connectivity index (χ3n) is 4.99. The lowest BCUT2D eigenvalue weighted by molar-refractivity contribution is -0.151. The number of carbonyl (C=O) groups is 1. The van der Waals surface area contributed by atoms with Crippen LogP contribution in [0.5, 0.6) is 0 Å². The van der Waals surface area contributed by atoms with Gasteiger partial charge >= 0.3 is 5.97 Å². The molecule has 0 saturated carbocycles. The summed E-state index contributed by atoms with van der Waals surface area (Å²) < 4.78 is 32.2. The van der Waals surface area contributed by atoms with E-state index in [9.17, 15) is 13.2 Å². The van der Waals surface area contributed by atoms with E-state index in [2.05, 4.69) is 9.97 Å². The number of esters is 1. The average Bonchev–Trinajstić information content (AvgIpc) is 3.28. The van der Waals surface area contributed by atoms with Gasteiger partial charge in [-0.2, -0.15) is 4.31 Å². The number of aromatic nitrogens is 2. The Morgan fingerprint density at radius 3 is 2.60 bits per heavy atom. The molecule has 0 bridgehead atoms. The maximum atomic E-state index is 12.7. The Kier molecular flexibility index (Phi) is 6.21. The van der Waals surface area contributed by atoms with E-state index >= 15 is 0 Å². The van der Waals surface area contributed by atoms with Gasteiger partial charge in [0.2, 0.25) is 10.0 Å². The zero-order chi connectivity index (χ0) is 21.0. The Balaban J connectivity index is 1.29. The third kappa shape index (κ3) is 4.58. The van der Waals surface area contributed by atoms with Gasteiger partial charge < -0.3 is 4.74 Å². The van der Waals surface area contributed by atoms with Crippen molar-refractivity contribution in [3.8, 4) is 10.6 Å². The van der Waals surface area contributed by atoms with Gasteiger partial charge in [-0.3, -0.25) is 9.78 Å². The van der Waals surface area contributed by atoms with Gasteiger partial charge in [-0.05, 0) is 25.0 Å². The molecular weight excluding hydrogens is 422 g/mol. The second kappa shape index (κ2) is 9.03. The topological polar surface area (TPSA) is 89.5 Å². The summed E-state index contributed by atoms with van der Waals surface area (Å²) in [5.74, 6) is -0.611. The normalized spacial score (nSPS) is 15.7. The van der Waals surface area contributed by atoms with Crippen LogP contribution in [0.1, 0.15) is 18.5 Å². The van der Waals surface area contributed by atoms with Crippen LogP contribution in [-0.2, 0) is 26.2 Å². The average molecular weight is 444 g/mol. The predicted octanol–water partition coefficient (Wildman–Crippen LogP) is 3.35. The van der Waals surface area contributed by atoms with Crippen molar-refractivity contribution in [3.63, 3.8) is 0 Å². The van der Waals surface area contributed by atoms with E-state index in [1.807, 2.05) is 35.7 Å². The van der Waals surface area contributed by atoms with Crippen molar-refractivity contribution in [2.75, 3.05) is 13.1 Å². The van der Waals surface area contributed by atoms with E-state index in [1.54, 1.807) is 6.07 Å². The van der Waals surface area contributed by atoms with Crippen LogP contribution in [0, 0.1) is 5.92 Å². The Hall–Kier alpha value is -2.62. The summed E-state index contributed by atoms with van der Waals surface area (Å²) in [5.41, 5.74) is 1.74. The highest BCUT2D eigenvalue weighted by molar-refractivity contribution is 7.89. The maximum Gasteiger partial charge on any atom is 0.309 e. The second-order valence-electron chi connectivity index (χ2n) is 6.98. The van der Waals surface area contributed by atoms with E-state index in [-0.39, 0.29) is 36.5 Å². The number of thiazole rings is 1. The highest BCUT2D eigenvalue weighted by Crippen LogP contribution is 2.26. The molecule has 1 aromatic carbocycles. The quantitative estimate of drug-likeness (QED) is 0.543. The second-order valence-corrected chi connectivity index (χ2v) is 9.78. The summed E-state index contributed by atoms with van der Waals surface area (Å²) in [6.45, 7) is 0.689. The molecule has 7 nitrogen and oxygen atoms in total. The van der Waals surface area contributed by atoms with Crippen LogP contribution in [0.3, 0.4) is 0 Å². The summed E-state index contributed by atoms with van der Waals surface area (Å²) in [6.07, 6.45) is 3.75. The fourth-order valence-electron chi connectivity index (χ4n) is 3.33. The van der Waals surface area contributed by atoms with Gasteiger partial charge in [-0.1, -0.05) is 30.3 Å². The van der Waals surface area contributed by atoms with Crippen LogP contribution in [0.4, 0.5) is 0 Å². The molecular formula is C21H21N3O4S2. The summed E-state index contributed by atoms with van der Waals surface area (Å²) in [4.78, 5) is 21.0. The van der Waals surface area contributed by atoms with E-state index in [0.29, 0.717) is 18.5 Å². The summed E-state index contributed by atoms with van der Waals surface area (Å²) in [5, 5.41) is 2.77. The lowest BCUT2D eigenvalue weighted by atomic mass is 9.98. The fourth-order valence-corrected chi connectivity index (χ4v) is 5.57. The van der Waals surface area contributed by atoms with Crippen molar-refractivity contribution in [2.24, 2.45) is 5.92 Å². The minimum Gasteiger partial charge on any atom is -0.459 e. The van der Waals surface area contributed by atoms with Crippen molar-refractivity contribution in [2.45, 2.75) is 24.3 Å². The van der Waals surface area contributed by atoms with Crippen LogP contribution in [0.15, 0.2) is 65.1 Å². The minimum atomic E-state index is -3.58. The molecule has 1 aliphatic heterocycles. The lowest BCUT2D eigenvalue weighted by Gasteiger charge is -2.29. The molecule has 3 aromatic rings. The Morgan fingerprint density at radius 1 is 1.13 bits per heavy atom. The van der Waals surface area contributed by atoms with Crippen LogP contribution in [0.2, 0.25) is 0 Å². The Labute approximate surface area is 179 Å². The van der Waals surface area contributed by atoms with Gasteiger partial charge in [-0.25, -0.2) is 13.4 Å². The molecule has 9 heteroatoms. The highest BCUT2D eigenvalue weighted by Gasteiger charge is 2.33. The van der Waals surface area contributed by atoms with Crippen molar-refractivity contribution in [3.05, 3.63) is 65.9 Å². The van der Waals surface area contributed by atoms with Gasteiger partial charge in [0.05, 0.1) is 11.6 Å². The number of benzene rings is 1. The molecule has 1 fully saturated rings. The molecule has 0 N–H and O–H groups in total. The predicted molar refractivity (Wildman–Crippen MR) is 113 cm³/mol. The lowest BCUT2D eigenvalue weighted by Crippen LogP contribution is -2.40. The molecule has 2 aromatic heterocycles.